The van der Waals surface area contributed by atoms with E-state index >= 15 is 0 Å². The third-order valence-corrected chi connectivity index (χ3v) is 7.40. The summed E-state index contributed by atoms with van der Waals surface area (Å²) in [7, 11) is 0. The van der Waals surface area contributed by atoms with Crippen molar-refractivity contribution >= 4 is 17.7 Å². The van der Waals surface area contributed by atoms with E-state index in [-0.39, 0.29) is 18.3 Å². The fraction of sp³-hybridized carbons (Fsp3) is 0.480. The maximum absolute atomic E-state index is 13.2. The molecule has 4 aliphatic rings. The number of halogens is 1. The number of nitrogens with one attached hydrogen (secondary N) is 2. The molecular formula is C25H28FN5O6. The van der Waals surface area contributed by atoms with Crippen molar-refractivity contribution < 1.29 is 28.6 Å². The lowest BCUT2D eigenvalue weighted by molar-refractivity contribution is -0.149. The zero-order chi connectivity index (χ0) is 26.2. The Hall–Kier alpha value is -3.80. The van der Waals surface area contributed by atoms with Crippen molar-refractivity contribution in [2.24, 2.45) is 5.92 Å². The van der Waals surface area contributed by atoms with E-state index in [0.717, 1.165) is 0 Å². The molecule has 0 spiro atoms. The Morgan fingerprint density at radius 3 is 2.49 bits per heavy atom. The van der Waals surface area contributed by atoms with Crippen molar-refractivity contribution in [2.75, 3.05) is 26.3 Å². The van der Waals surface area contributed by atoms with Gasteiger partial charge in [0.25, 0.3) is 11.5 Å². The van der Waals surface area contributed by atoms with Crippen LogP contribution >= 0.6 is 0 Å². The van der Waals surface area contributed by atoms with E-state index in [0.29, 0.717) is 64.1 Å². The Morgan fingerprint density at radius 1 is 1.14 bits per heavy atom. The van der Waals surface area contributed by atoms with Gasteiger partial charge in [0.05, 0.1) is 18.8 Å². The van der Waals surface area contributed by atoms with Crippen molar-refractivity contribution in [1.29, 1.82) is 0 Å². The van der Waals surface area contributed by atoms with Crippen LogP contribution in [0.25, 0.3) is 0 Å². The van der Waals surface area contributed by atoms with Crippen molar-refractivity contribution in [1.82, 2.24) is 25.1 Å². The summed E-state index contributed by atoms with van der Waals surface area (Å²) >= 11 is 0. The van der Waals surface area contributed by atoms with Crippen LogP contribution < -0.4 is 16.2 Å². The van der Waals surface area contributed by atoms with Crippen LogP contribution in [0.5, 0.6) is 5.75 Å². The molecule has 3 amide bonds. The van der Waals surface area contributed by atoms with Crippen molar-refractivity contribution in [3.8, 4) is 5.75 Å². The zero-order valence-electron chi connectivity index (χ0n) is 20.2. The van der Waals surface area contributed by atoms with Gasteiger partial charge in [-0.1, -0.05) is 12.1 Å². The predicted molar refractivity (Wildman–Crippen MR) is 127 cm³/mol. The summed E-state index contributed by atoms with van der Waals surface area (Å²) in [6, 6.07) is 5.52. The van der Waals surface area contributed by atoms with E-state index in [9.17, 15) is 28.7 Å². The minimum absolute atomic E-state index is 0.0245. The molecule has 3 N–H and O–H groups in total. The third-order valence-electron chi connectivity index (χ3n) is 7.40. The number of carbonyl (C=O) groups excluding carboxylic acids is 3. The molecule has 37 heavy (non-hydrogen) atoms. The SMILES string of the molecule is O=C(NC12CCC(CC1)Cn1c2nc(C(=O)NCc2ccc(F)cc2)c(O)c1=O)C(=O)N1CCOCC1. The first kappa shape index (κ1) is 24.9. The standard InChI is InChI=1S/C25H28FN5O6/c26-17-3-1-15(2-4-17)13-27-20(33)18-19(32)22(35)31-14-16-5-7-25(8-6-16,24(31)28-18)29-21(34)23(36)30-9-11-37-12-10-30/h1-4,16,32H,5-14H2,(H,27,33)(H,29,34). The smallest absolute Gasteiger partial charge is 0.312 e. The summed E-state index contributed by atoms with van der Waals surface area (Å²) in [5.41, 5.74) is -1.75. The predicted octanol–water partition coefficient (Wildman–Crippen LogP) is 0.392. The van der Waals surface area contributed by atoms with Crippen LogP contribution in [0.1, 0.15) is 47.6 Å². The molecule has 6 rings (SSSR count). The highest BCUT2D eigenvalue weighted by atomic mass is 19.1. The van der Waals surface area contributed by atoms with Gasteiger partial charge in [0.1, 0.15) is 11.6 Å². The molecule has 1 aromatic heterocycles. The van der Waals surface area contributed by atoms with E-state index in [1.165, 1.54) is 33.7 Å². The summed E-state index contributed by atoms with van der Waals surface area (Å²) in [5.74, 6) is -3.18. The van der Waals surface area contributed by atoms with Gasteiger partial charge in [-0.15, -0.1) is 0 Å². The van der Waals surface area contributed by atoms with E-state index in [2.05, 4.69) is 15.6 Å². The van der Waals surface area contributed by atoms with Gasteiger partial charge in [-0.2, -0.15) is 0 Å². The van der Waals surface area contributed by atoms with Gasteiger partial charge in [0, 0.05) is 26.2 Å². The number of rotatable bonds is 4. The maximum Gasteiger partial charge on any atom is 0.312 e. The molecule has 196 valence electrons. The number of carbonyl (C=O) groups is 3. The number of aromatic hydroxyl groups is 1. The highest BCUT2D eigenvalue weighted by Gasteiger charge is 2.47. The largest absolute Gasteiger partial charge is 0.501 e. The summed E-state index contributed by atoms with van der Waals surface area (Å²) in [6.45, 7) is 1.63. The van der Waals surface area contributed by atoms with Gasteiger partial charge >= 0.3 is 11.8 Å². The van der Waals surface area contributed by atoms with Gasteiger partial charge in [-0.05, 0) is 49.3 Å². The first-order valence-corrected chi connectivity index (χ1v) is 12.3. The Bertz CT molecular complexity index is 1280. The monoisotopic (exact) mass is 513 g/mol. The average Bonchev–Trinajstić information content (AvgIpc) is 3.16. The summed E-state index contributed by atoms with van der Waals surface area (Å²) in [5, 5.41) is 16.0. The van der Waals surface area contributed by atoms with Crippen LogP contribution in [-0.2, 0) is 33.0 Å². The highest BCUT2D eigenvalue weighted by Crippen LogP contribution is 2.43. The van der Waals surface area contributed by atoms with Crippen molar-refractivity contribution in [3.63, 3.8) is 0 Å². The first-order chi connectivity index (χ1) is 17.8. The number of aromatic nitrogens is 2. The van der Waals surface area contributed by atoms with Crippen molar-refractivity contribution in [2.45, 2.75) is 44.3 Å². The lowest BCUT2D eigenvalue weighted by Gasteiger charge is -2.37. The second kappa shape index (κ2) is 9.92. The zero-order valence-corrected chi connectivity index (χ0v) is 20.2. The molecular weight excluding hydrogens is 485 g/mol. The molecule has 3 aliphatic heterocycles. The lowest BCUT2D eigenvalue weighted by atomic mass is 9.77. The number of nitrogens with zero attached hydrogens (tertiary/aromatic N) is 3. The van der Waals surface area contributed by atoms with Crippen LogP contribution in [0.2, 0.25) is 0 Å². The van der Waals surface area contributed by atoms with Gasteiger partial charge in [0.15, 0.2) is 5.69 Å². The number of fused-ring (bicyclic) bond motifs is 2. The minimum Gasteiger partial charge on any atom is -0.501 e. The summed E-state index contributed by atoms with van der Waals surface area (Å²) in [4.78, 5) is 57.9. The van der Waals surface area contributed by atoms with Crippen LogP contribution in [0, 0.1) is 11.7 Å². The van der Waals surface area contributed by atoms with Gasteiger partial charge in [-0.25, -0.2) is 9.37 Å². The molecule has 1 aromatic carbocycles. The maximum atomic E-state index is 13.2. The Labute approximate surface area is 211 Å². The quantitative estimate of drug-likeness (QED) is 0.502. The van der Waals surface area contributed by atoms with Crippen LogP contribution in [0.15, 0.2) is 29.1 Å². The van der Waals surface area contributed by atoms with Crippen LogP contribution in [0.4, 0.5) is 4.39 Å². The molecule has 0 atom stereocenters. The van der Waals surface area contributed by atoms with Gasteiger partial charge in [-0.3, -0.25) is 23.7 Å². The molecule has 2 aromatic rings. The van der Waals surface area contributed by atoms with Crippen LogP contribution in [-0.4, -0.2) is 63.6 Å². The van der Waals surface area contributed by atoms with Gasteiger partial charge < -0.3 is 25.4 Å². The summed E-state index contributed by atoms with van der Waals surface area (Å²) in [6.07, 6.45) is 2.24. The third kappa shape index (κ3) is 4.80. The van der Waals surface area contributed by atoms with E-state index < -0.39 is 46.1 Å². The normalized spacial score (nSPS) is 22.6. The van der Waals surface area contributed by atoms with E-state index in [1.54, 1.807) is 0 Å². The van der Waals surface area contributed by atoms with Crippen molar-refractivity contribution in [3.05, 3.63) is 57.5 Å². The average molecular weight is 514 g/mol. The van der Waals surface area contributed by atoms with E-state index in [4.69, 9.17) is 4.74 Å². The molecule has 1 saturated carbocycles. The van der Waals surface area contributed by atoms with Gasteiger partial charge in [0.2, 0.25) is 5.75 Å². The second-order valence-electron chi connectivity index (χ2n) is 9.74. The number of ether oxygens (including phenoxy) is 1. The number of amides is 3. The molecule has 0 radical (unpaired) electrons. The van der Waals surface area contributed by atoms with E-state index in [1.807, 2.05) is 0 Å². The van der Waals surface area contributed by atoms with Crippen LogP contribution in [0.3, 0.4) is 0 Å². The molecule has 12 heteroatoms. The molecule has 4 heterocycles. The number of hydrogen-bond donors (Lipinski definition) is 3. The Morgan fingerprint density at radius 2 is 1.81 bits per heavy atom. The topological polar surface area (TPSA) is 143 Å². The summed E-state index contributed by atoms with van der Waals surface area (Å²) < 4.78 is 19.7. The molecule has 2 bridgehead atoms. The minimum atomic E-state index is -1.13. The molecule has 11 nitrogen and oxygen atoms in total. The molecule has 2 fully saturated rings. The number of hydrogen-bond acceptors (Lipinski definition) is 7. The number of morpholine rings is 1. The molecule has 1 saturated heterocycles. The second-order valence-corrected chi connectivity index (χ2v) is 9.74. The lowest BCUT2D eigenvalue weighted by Crippen LogP contribution is -2.55. The molecule has 1 aliphatic carbocycles. The fourth-order valence-electron chi connectivity index (χ4n) is 5.30. The Kier molecular flexibility index (Phi) is 6.67. The first-order valence-electron chi connectivity index (χ1n) is 12.3. The molecule has 0 unspecified atom stereocenters. The number of benzene rings is 1. The Balaban J connectivity index is 1.45. The highest BCUT2D eigenvalue weighted by molar-refractivity contribution is 6.35. The fourth-order valence-corrected chi connectivity index (χ4v) is 5.30.